The Labute approximate surface area is 141 Å². The third kappa shape index (κ3) is 3.58. The third-order valence-electron chi connectivity index (χ3n) is 3.65. The molecule has 0 aromatic heterocycles. The van der Waals surface area contributed by atoms with E-state index in [0.29, 0.717) is 13.0 Å². The summed E-state index contributed by atoms with van der Waals surface area (Å²) in [5, 5.41) is 2.67. The Kier molecular flexibility index (Phi) is 5.58. The molecule has 0 aliphatic carbocycles. The molecule has 0 saturated carbocycles. The van der Waals surface area contributed by atoms with E-state index in [1.54, 1.807) is 0 Å². The highest BCUT2D eigenvalue weighted by molar-refractivity contribution is 7.90. The van der Waals surface area contributed by atoms with Gasteiger partial charge in [-0.25, -0.2) is 12.7 Å². The van der Waals surface area contributed by atoms with Crippen molar-refractivity contribution in [1.29, 1.82) is 0 Å². The van der Waals surface area contributed by atoms with Crippen molar-refractivity contribution in [2.75, 3.05) is 26.8 Å². The normalized spacial score (nSPS) is 16.8. The molecule has 1 unspecified atom stereocenters. The van der Waals surface area contributed by atoms with E-state index in [9.17, 15) is 18.0 Å². The summed E-state index contributed by atoms with van der Waals surface area (Å²) in [5.41, 5.74) is 5.86. The van der Waals surface area contributed by atoms with Crippen molar-refractivity contribution < 1.29 is 22.7 Å². The number of rotatable bonds is 7. The van der Waals surface area contributed by atoms with Gasteiger partial charge in [-0.3, -0.25) is 9.59 Å². The number of nitrogens with zero attached hydrogens (tertiary/aromatic N) is 1. The maximum absolute atomic E-state index is 12.5. The number of methoxy groups -OCH3 is 1. The molecule has 2 rings (SSSR count). The number of benzene rings is 1. The lowest BCUT2D eigenvalue weighted by atomic mass is 10.1. The lowest BCUT2D eigenvalue weighted by molar-refractivity contribution is 0.0835. The number of nitrogens with one attached hydrogen (secondary N) is 1. The molecular weight excluding hydrogens is 334 g/mol. The van der Waals surface area contributed by atoms with E-state index in [1.165, 1.54) is 25.3 Å². The quantitative estimate of drug-likeness (QED) is 0.707. The molecular formula is C15H21N3O5S. The highest BCUT2D eigenvalue weighted by Crippen LogP contribution is 2.30. The van der Waals surface area contributed by atoms with E-state index in [1.807, 2.05) is 6.92 Å². The summed E-state index contributed by atoms with van der Waals surface area (Å²) >= 11 is 0. The Balaban J connectivity index is 2.23. The summed E-state index contributed by atoms with van der Waals surface area (Å²) in [4.78, 5) is 24.2. The third-order valence-corrected chi connectivity index (χ3v) is 5.47. The van der Waals surface area contributed by atoms with Crippen molar-refractivity contribution >= 4 is 21.8 Å². The van der Waals surface area contributed by atoms with Crippen LogP contribution in [0.2, 0.25) is 0 Å². The van der Waals surface area contributed by atoms with Crippen LogP contribution in [0.1, 0.15) is 34.1 Å². The van der Waals surface area contributed by atoms with Crippen molar-refractivity contribution in [3.8, 4) is 0 Å². The van der Waals surface area contributed by atoms with E-state index in [4.69, 9.17) is 10.5 Å². The fraction of sp³-hybridized carbons (Fsp3) is 0.467. The van der Waals surface area contributed by atoms with Gasteiger partial charge in [-0.15, -0.1) is 0 Å². The first kappa shape index (κ1) is 18.4. The summed E-state index contributed by atoms with van der Waals surface area (Å²) in [6, 6.07) is 3.99. The van der Waals surface area contributed by atoms with Crippen LogP contribution in [0.15, 0.2) is 23.1 Å². The fourth-order valence-electron chi connectivity index (χ4n) is 2.33. The van der Waals surface area contributed by atoms with Crippen molar-refractivity contribution in [2.24, 2.45) is 5.73 Å². The zero-order valence-electron chi connectivity index (χ0n) is 13.6. The van der Waals surface area contributed by atoms with Gasteiger partial charge in [-0.2, -0.15) is 0 Å². The van der Waals surface area contributed by atoms with Gasteiger partial charge in [0.2, 0.25) is 0 Å². The molecule has 0 spiro atoms. The second-order valence-electron chi connectivity index (χ2n) is 5.61. The summed E-state index contributed by atoms with van der Waals surface area (Å²) in [7, 11) is -2.53. The molecule has 1 aromatic rings. The zero-order chi connectivity index (χ0) is 17.9. The van der Waals surface area contributed by atoms with Crippen LogP contribution in [-0.2, 0) is 14.8 Å². The summed E-state index contributed by atoms with van der Waals surface area (Å²) < 4.78 is 30.6. The van der Waals surface area contributed by atoms with Crippen LogP contribution in [0.5, 0.6) is 0 Å². The van der Waals surface area contributed by atoms with Gasteiger partial charge in [0.25, 0.3) is 21.8 Å². The number of hydrogen-bond acceptors (Lipinski definition) is 6. The SMILES string of the molecule is COCCN1C(=O)c2ccc(C(=O)NCCC(C)N)cc2S1(=O)=O. The van der Waals surface area contributed by atoms with Crippen molar-refractivity contribution in [3.05, 3.63) is 29.3 Å². The van der Waals surface area contributed by atoms with Gasteiger partial charge in [0, 0.05) is 25.3 Å². The molecule has 8 nitrogen and oxygen atoms in total. The van der Waals surface area contributed by atoms with Crippen LogP contribution in [0, 0.1) is 0 Å². The molecule has 2 amide bonds. The van der Waals surface area contributed by atoms with Crippen LogP contribution in [-0.4, -0.2) is 57.4 Å². The Morgan fingerprint density at radius 2 is 2.12 bits per heavy atom. The fourth-order valence-corrected chi connectivity index (χ4v) is 3.91. The van der Waals surface area contributed by atoms with E-state index < -0.39 is 21.8 Å². The Morgan fingerprint density at radius 1 is 1.42 bits per heavy atom. The van der Waals surface area contributed by atoms with Gasteiger partial charge in [0.1, 0.15) is 4.90 Å². The number of ether oxygens (including phenoxy) is 1. The number of carbonyl (C=O) groups is 2. The molecule has 1 aromatic carbocycles. The largest absolute Gasteiger partial charge is 0.383 e. The predicted octanol–water partition coefficient (Wildman–Crippen LogP) is -0.0554. The van der Waals surface area contributed by atoms with Crippen LogP contribution in [0.4, 0.5) is 0 Å². The maximum Gasteiger partial charge on any atom is 0.269 e. The van der Waals surface area contributed by atoms with Crippen molar-refractivity contribution in [2.45, 2.75) is 24.3 Å². The lowest BCUT2D eigenvalue weighted by Gasteiger charge is -2.13. The van der Waals surface area contributed by atoms with E-state index >= 15 is 0 Å². The molecule has 1 heterocycles. The number of sulfonamides is 1. The van der Waals surface area contributed by atoms with Crippen LogP contribution < -0.4 is 11.1 Å². The summed E-state index contributed by atoms with van der Waals surface area (Å²) in [5.74, 6) is -1.01. The minimum Gasteiger partial charge on any atom is -0.383 e. The van der Waals surface area contributed by atoms with Crippen LogP contribution in [0.3, 0.4) is 0 Å². The molecule has 3 N–H and O–H groups in total. The molecule has 0 bridgehead atoms. The Hall–Kier alpha value is -1.97. The van der Waals surface area contributed by atoms with Gasteiger partial charge in [0.05, 0.1) is 18.7 Å². The minimum atomic E-state index is -3.95. The monoisotopic (exact) mass is 355 g/mol. The van der Waals surface area contributed by atoms with Gasteiger partial charge in [-0.05, 0) is 31.5 Å². The Bertz CT molecular complexity index is 745. The van der Waals surface area contributed by atoms with Gasteiger partial charge in [0.15, 0.2) is 0 Å². The molecule has 132 valence electrons. The number of fused-ring (bicyclic) bond motifs is 1. The maximum atomic E-state index is 12.5. The number of nitrogens with two attached hydrogens (primary N) is 1. The number of hydrogen-bond donors (Lipinski definition) is 2. The minimum absolute atomic E-state index is 0.0438. The predicted molar refractivity (Wildman–Crippen MR) is 87.1 cm³/mol. The molecule has 9 heteroatoms. The average molecular weight is 355 g/mol. The van der Waals surface area contributed by atoms with E-state index in [-0.39, 0.29) is 35.2 Å². The molecule has 0 radical (unpaired) electrons. The van der Waals surface area contributed by atoms with Crippen molar-refractivity contribution in [3.63, 3.8) is 0 Å². The van der Waals surface area contributed by atoms with Crippen LogP contribution >= 0.6 is 0 Å². The second-order valence-corrected chi connectivity index (χ2v) is 7.44. The van der Waals surface area contributed by atoms with Gasteiger partial charge in [-0.1, -0.05) is 0 Å². The zero-order valence-corrected chi connectivity index (χ0v) is 14.4. The molecule has 0 fully saturated rings. The summed E-state index contributed by atoms with van der Waals surface area (Å²) in [6.07, 6.45) is 0.609. The first-order chi connectivity index (χ1) is 11.3. The number of carbonyl (C=O) groups excluding carboxylic acids is 2. The Morgan fingerprint density at radius 3 is 2.75 bits per heavy atom. The van der Waals surface area contributed by atoms with E-state index in [0.717, 1.165) is 4.31 Å². The summed E-state index contributed by atoms with van der Waals surface area (Å²) in [6.45, 7) is 2.25. The molecule has 1 aliphatic rings. The topological polar surface area (TPSA) is 119 Å². The van der Waals surface area contributed by atoms with E-state index in [2.05, 4.69) is 5.32 Å². The second kappa shape index (κ2) is 7.29. The average Bonchev–Trinajstić information content (AvgIpc) is 2.71. The van der Waals surface area contributed by atoms with Gasteiger partial charge >= 0.3 is 0 Å². The highest BCUT2D eigenvalue weighted by atomic mass is 32.2. The first-order valence-electron chi connectivity index (χ1n) is 7.53. The standard InChI is InChI=1S/C15H21N3O5S/c1-10(16)5-6-17-14(19)11-3-4-12-13(9-11)24(21,22)18(15(12)20)7-8-23-2/h3-4,9-10H,5-8,16H2,1-2H3,(H,17,19). The van der Waals surface area contributed by atoms with Gasteiger partial charge < -0.3 is 15.8 Å². The molecule has 1 atom stereocenters. The highest BCUT2D eigenvalue weighted by Gasteiger charge is 2.41. The molecule has 24 heavy (non-hydrogen) atoms. The van der Waals surface area contributed by atoms with Crippen LogP contribution in [0.25, 0.3) is 0 Å². The molecule has 1 aliphatic heterocycles. The number of amides is 2. The smallest absolute Gasteiger partial charge is 0.269 e. The lowest BCUT2D eigenvalue weighted by Crippen LogP contribution is -2.33. The first-order valence-corrected chi connectivity index (χ1v) is 8.97. The molecule has 0 saturated heterocycles. The van der Waals surface area contributed by atoms with Crippen molar-refractivity contribution in [1.82, 2.24) is 9.62 Å².